The third-order valence-electron chi connectivity index (χ3n) is 1.25. The third kappa shape index (κ3) is 2.63. The van der Waals surface area contributed by atoms with Gasteiger partial charge in [-0.2, -0.15) is 0 Å². The number of hydrogen-bond acceptors (Lipinski definition) is 5. The Kier molecular flexibility index (Phi) is 2.68. The third-order valence-corrected chi connectivity index (χ3v) is 4.62. The highest BCUT2D eigenvalue weighted by atomic mass is 35.7. The lowest BCUT2D eigenvalue weighted by Crippen LogP contribution is -2.14. The second-order valence-corrected chi connectivity index (χ2v) is 6.80. The van der Waals surface area contributed by atoms with Gasteiger partial charge in [-0.1, -0.05) is 0 Å². The minimum Gasteiger partial charge on any atom is -0.383 e. The van der Waals surface area contributed by atoms with Gasteiger partial charge >= 0.3 is 0 Å². The van der Waals surface area contributed by atoms with E-state index in [0.29, 0.717) is 5.01 Å². The fraction of sp³-hybridized carbons (Fsp3) is 0.500. The summed E-state index contributed by atoms with van der Waals surface area (Å²) in [6, 6.07) is 0. The Morgan fingerprint density at radius 1 is 1.62 bits per heavy atom. The number of nitrogens with zero attached hydrogens (tertiary/aromatic N) is 1. The fourth-order valence-corrected chi connectivity index (χ4v) is 2.52. The van der Waals surface area contributed by atoms with Crippen molar-refractivity contribution in [3.05, 3.63) is 11.2 Å². The molecule has 0 fully saturated rings. The van der Waals surface area contributed by atoms with E-state index in [4.69, 9.17) is 10.7 Å². The van der Waals surface area contributed by atoms with E-state index in [1.54, 1.807) is 0 Å². The van der Waals surface area contributed by atoms with Crippen molar-refractivity contribution >= 4 is 31.1 Å². The first-order valence-electron chi connectivity index (χ1n) is 3.34. The number of thiazole rings is 1. The van der Waals surface area contributed by atoms with Gasteiger partial charge in [0.15, 0.2) is 4.21 Å². The Morgan fingerprint density at radius 3 is 2.38 bits per heavy atom. The number of aromatic nitrogens is 1. The van der Waals surface area contributed by atoms with Gasteiger partial charge in [-0.05, 0) is 13.8 Å². The number of hydrogen-bond donors (Lipinski definition) is 1. The van der Waals surface area contributed by atoms with E-state index >= 15 is 0 Å². The molecule has 4 nitrogen and oxygen atoms in total. The molecule has 1 aromatic rings. The number of rotatable bonds is 2. The monoisotopic (exact) mass is 241 g/mol. The maximum absolute atomic E-state index is 10.8. The van der Waals surface area contributed by atoms with Crippen molar-refractivity contribution < 1.29 is 13.5 Å². The molecule has 0 saturated carbocycles. The molecule has 0 aliphatic carbocycles. The molecule has 0 bridgehead atoms. The summed E-state index contributed by atoms with van der Waals surface area (Å²) < 4.78 is 21.6. The van der Waals surface area contributed by atoms with Gasteiger partial charge in [-0.25, -0.2) is 13.4 Å². The van der Waals surface area contributed by atoms with Gasteiger partial charge in [0.1, 0.15) is 10.6 Å². The molecule has 0 amide bonds. The highest BCUT2D eigenvalue weighted by Gasteiger charge is 2.23. The quantitative estimate of drug-likeness (QED) is 0.793. The molecule has 1 aromatic heterocycles. The van der Waals surface area contributed by atoms with Crippen LogP contribution in [0, 0.1) is 0 Å². The summed E-state index contributed by atoms with van der Waals surface area (Å²) in [5.41, 5.74) is -1.13. The van der Waals surface area contributed by atoms with Gasteiger partial charge in [0.25, 0.3) is 9.05 Å². The largest absolute Gasteiger partial charge is 0.383 e. The Morgan fingerprint density at radius 2 is 2.15 bits per heavy atom. The molecule has 0 unspecified atom stereocenters. The highest BCUT2D eigenvalue weighted by molar-refractivity contribution is 8.15. The van der Waals surface area contributed by atoms with E-state index in [-0.39, 0.29) is 4.21 Å². The van der Waals surface area contributed by atoms with Crippen LogP contribution in [0.15, 0.2) is 10.4 Å². The molecule has 13 heavy (non-hydrogen) atoms. The van der Waals surface area contributed by atoms with Crippen molar-refractivity contribution in [3.63, 3.8) is 0 Å². The molecule has 0 aliphatic heterocycles. The van der Waals surface area contributed by atoms with Crippen LogP contribution < -0.4 is 0 Å². The molecule has 0 aliphatic rings. The topological polar surface area (TPSA) is 67.3 Å². The smallest absolute Gasteiger partial charge is 0.272 e. The Bertz CT molecular complexity index is 404. The standard InChI is InChI=1S/C6H8ClNO3S2/c1-6(2,9)5-8-3-4(12-5)13(7,10)11/h3,9H,1-2H3. The van der Waals surface area contributed by atoms with E-state index < -0.39 is 14.7 Å². The predicted molar refractivity (Wildman–Crippen MR) is 50.4 cm³/mol. The van der Waals surface area contributed by atoms with Gasteiger partial charge < -0.3 is 5.11 Å². The summed E-state index contributed by atoms with van der Waals surface area (Å²) >= 11 is 0.866. The van der Waals surface area contributed by atoms with Crippen molar-refractivity contribution in [1.82, 2.24) is 4.98 Å². The van der Waals surface area contributed by atoms with E-state index in [9.17, 15) is 13.5 Å². The molecule has 0 spiro atoms. The average molecular weight is 242 g/mol. The molecule has 7 heteroatoms. The molecular weight excluding hydrogens is 234 g/mol. The molecule has 1 N–H and O–H groups in total. The second-order valence-electron chi connectivity index (χ2n) is 2.98. The highest BCUT2D eigenvalue weighted by Crippen LogP contribution is 2.29. The summed E-state index contributed by atoms with van der Waals surface area (Å²) in [7, 11) is 1.36. The molecule has 0 aromatic carbocycles. The van der Waals surface area contributed by atoms with E-state index in [1.165, 1.54) is 13.8 Å². The van der Waals surface area contributed by atoms with Crippen LogP contribution in [0.1, 0.15) is 18.9 Å². The molecule has 0 radical (unpaired) electrons. The molecule has 1 heterocycles. The van der Waals surface area contributed by atoms with Crippen LogP contribution in [-0.4, -0.2) is 18.5 Å². The predicted octanol–water partition coefficient (Wildman–Crippen LogP) is 1.30. The Labute approximate surface area is 84.6 Å². The number of aliphatic hydroxyl groups is 1. The molecule has 0 saturated heterocycles. The maximum atomic E-state index is 10.8. The average Bonchev–Trinajstić information content (AvgIpc) is 2.28. The van der Waals surface area contributed by atoms with Crippen LogP contribution in [0.25, 0.3) is 0 Å². The first-order valence-corrected chi connectivity index (χ1v) is 6.47. The van der Waals surface area contributed by atoms with Crippen LogP contribution in [0.3, 0.4) is 0 Å². The summed E-state index contributed by atoms with van der Waals surface area (Å²) in [5, 5.41) is 9.80. The zero-order valence-corrected chi connectivity index (χ0v) is 9.37. The first kappa shape index (κ1) is 10.9. The van der Waals surface area contributed by atoms with Crippen LogP contribution >= 0.6 is 22.0 Å². The van der Waals surface area contributed by atoms with E-state index in [1.807, 2.05) is 0 Å². The minimum atomic E-state index is -3.73. The van der Waals surface area contributed by atoms with Crippen LogP contribution in [-0.2, 0) is 14.7 Å². The van der Waals surface area contributed by atoms with E-state index in [0.717, 1.165) is 17.5 Å². The Hall–Kier alpha value is -0.170. The summed E-state index contributed by atoms with van der Waals surface area (Å²) in [4.78, 5) is 3.76. The fourth-order valence-electron chi connectivity index (χ4n) is 0.655. The van der Waals surface area contributed by atoms with Crippen molar-refractivity contribution in [3.8, 4) is 0 Å². The lowest BCUT2D eigenvalue weighted by Gasteiger charge is -2.11. The lowest BCUT2D eigenvalue weighted by atomic mass is 10.2. The molecule has 74 valence electrons. The SMILES string of the molecule is CC(C)(O)c1ncc(S(=O)(=O)Cl)s1. The maximum Gasteiger partial charge on any atom is 0.272 e. The van der Waals surface area contributed by atoms with Crippen molar-refractivity contribution in [1.29, 1.82) is 0 Å². The van der Waals surface area contributed by atoms with Gasteiger partial charge in [0.05, 0.1) is 6.20 Å². The van der Waals surface area contributed by atoms with Crippen LogP contribution in [0.4, 0.5) is 0 Å². The molecular formula is C6H8ClNO3S2. The van der Waals surface area contributed by atoms with Crippen molar-refractivity contribution in [2.24, 2.45) is 0 Å². The summed E-state index contributed by atoms with van der Waals surface area (Å²) in [6.07, 6.45) is 1.14. The normalized spacial score (nSPS) is 13.2. The van der Waals surface area contributed by atoms with Gasteiger partial charge in [0, 0.05) is 10.7 Å². The Balaban J connectivity index is 3.16. The van der Waals surface area contributed by atoms with Crippen molar-refractivity contribution in [2.45, 2.75) is 23.7 Å². The minimum absolute atomic E-state index is 0.0497. The summed E-state index contributed by atoms with van der Waals surface area (Å²) in [5.74, 6) is 0. The van der Waals surface area contributed by atoms with Gasteiger partial charge in [0.2, 0.25) is 0 Å². The van der Waals surface area contributed by atoms with Crippen LogP contribution in [0.2, 0.25) is 0 Å². The first-order chi connectivity index (χ1) is 5.71. The lowest BCUT2D eigenvalue weighted by molar-refractivity contribution is 0.0783. The van der Waals surface area contributed by atoms with E-state index in [2.05, 4.69) is 4.98 Å². The van der Waals surface area contributed by atoms with Gasteiger partial charge in [-0.3, -0.25) is 0 Å². The molecule has 1 rings (SSSR count). The van der Waals surface area contributed by atoms with Crippen LogP contribution in [0.5, 0.6) is 0 Å². The van der Waals surface area contributed by atoms with Gasteiger partial charge in [-0.15, -0.1) is 11.3 Å². The zero-order valence-electron chi connectivity index (χ0n) is 6.98. The molecule has 0 atom stereocenters. The second kappa shape index (κ2) is 3.20. The number of halogens is 1. The van der Waals surface area contributed by atoms with Crippen molar-refractivity contribution in [2.75, 3.05) is 0 Å². The zero-order chi connectivity index (χ0) is 10.3. The summed E-state index contributed by atoms with van der Waals surface area (Å²) in [6.45, 7) is 3.05.